The van der Waals surface area contributed by atoms with Gasteiger partial charge in [-0.25, -0.2) is 0 Å². The topological polar surface area (TPSA) is 63.1 Å². The average molecular weight is 452 g/mol. The van der Waals surface area contributed by atoms with Crippen LogP contribution in [0, 0.1) is 0 Å². The Morgan fingerprint density at radius 3 is 2.38 bits per heavy atom. The first-order chi connectivity index (χ1) is 15.7. The van der Waals surface area contributed by atoms with Crippen LogP contribution in [-0.2, 0) is 17.8 Å². The van der Waals surface area contributed by atoms with Crippen LogP contribution in [0.15, 0.2) is 59.8 Å². The maximum atomic E-state index is 12.3. The molecule has 32 heavy (non-hydrogen) atoms. The van der Waals surface area contributed by atoms with Gasteiger partial charge in [0.2, 0.25) is 5.91 Å². The van der Waals surface area contributed by atoms with Crippen molar-refractivity contribution in [2.75, 3.05) is 30.3 Å². The second-order valence-corrected chi connectivity index (χ2v) is 8.44. The molecule has 3 rings (SSSR count). The van der Waals surface area contributed by atoms with E-state index in [1.165, 1.54) is 23.0 Å². The zero-order valence-electron chi connectivity index (χ0n) is 19.3. The van der Waals surface area contributed by atoms with Crippen LogP contribution in [0.1, 0.15) is 32.8 Å². The van der Waals surface area contributed by atoms with Crippen LogP contribution in [-0.4, -0.2) is 46.1 Å². The van der Waals surface area contributed by atoms with Crippen LogP contribution in [0.2, 0.25) is 0 Å². The normalized spacial score (nSPS) is 10.8. The number of hydrogen-bond donors (Lipinski definition) is 1. The molecule has 0 aliphatic heterocycles. The van der Waals surface area contributed by atoms with Crippen molar-refractivity contribution >= 4 is 23.4 Å². The molecule has 0 spiro atoms. The molecule has 0 bridgehead atoms. The number of aromatic nitrogens is 3. The van der Waals surface area contributed by atoms with Crippen molar-refractivity contribution in [3.8, 4) is 11.4 Å². The van der Waals surface area contributed by atoms with Gasteiger partial charge in [-0.3, -0.25) is 4.79 Å². The Bertz CT molecular complexity index is 968. The summed E-state index contributed by atoms with van der Waals surface area (Å²) in [6.07, 6.45) is 1.90. The highest BCUT2D eigenvalue weighted by atomic mass is 32.2. The van der Waals surface area contributed by atoms with E-state index in [0.717, 1.165) is 49.0 Å². The van der Waals surface area contributed by atoms with Crippen molar-refractivity contribution in [3.05, 3.63) is 60.2 Å². The zero-order chi connectivity index (χ0) is 22.8. The van der Waals surface area contributed by atoms with E-state index in [9.17, 15) is 4.79 Å². The minimum Gasteiger partial charge on any atom is -0.372 e. The molecule has 1 N–H and O–H groups in total. The molecular weight excluding hydrogens is 418 g/mol. The quantitative estimate of drug-likeness (QED) is 0.321. The van der Waals surface area contributed by atoms with Crippen LogP contribution in [0.25, 0.3) is 11.4 Å². The molecular formula is C25H33N5OS. The molecule has 3 aromatic rings. The van der Waals surface area contributed by atoms with Gasteiger partial charge in [0.25, 0.3) is 0 Å². The molecule has 0 saturated heterocycles. The highest BCUT2D eigenvalue weighted by molar-refractivity contribution is 7.99. The molecule has 1 amide bonds. The molecule has 0 aliphatic rings. The van der Waals surface area contributed by atoms with E-state index < -0.39 is 0 Å². The van der Waals surface area contributed by atoms with Crippen molar-refractivity contribution < 1.29 is 4.79 Å². The van der Waals surface area contributed by atoms with Gasteiger partial charge in [0.05, 0.1) is 5.75 Å². The van der Waals surface area contributed by atoms with E-state index >= 15 is 0 Å². The van der Waals surface area contributed by atoms with Crippen molar-refractivity contribution in [1.82, 2.24) is 20.1 Å². The average Bonchev–Trinajstić information content (AvgIpc) is 3.25. The highest BCUT2D eigenvalue weighted by Gasteiger charge is 2.15. The van der Waals surface area contributed by atoms with Crippen molar-refractivity contribution in [2.24, 2.45) is 0 Å². The number of anilines is 1. The third kappa shape index (κ3) is 6.36. The Morgan fingerprint density at radius 2 is 1.72 bits per heavy atom. The van der Waals surface area contributed by atoms with Gasteiger partial charge >= 0.3 is 0 Å². The zero-order valence-corrected chi connectivity index (χ0v) is 20.1. The number of hydrogen-bond acceptors (Lipinski definition) is 5. The van der Waals surface area contributed by atoms with Gasteiger partial charge < -0.3 is 14.8 Å². The predicted octanol–water partition coefficient (Wildman–Crippen LogP) is 4.65. The lowest BCUT2D eigenvalue weighted by Gasteiger charge is -2.21. The highest BCUT2D eigenvalue weighted by Crippen LogP contribution is 2.26. The first-order valence-electron chi connectivity index (χ1n) is 11.4. The lowest BCUT2D eigenvalue weighted by Crippen LogP contribution is -2.26. The minimum absolute atomic E-state index is 0.0267. The molecule has 0 radical (unpaired) electrons. The lowest BCUT2D eigenvalue weighted by molar-refractivity contribution is -0.118. The first kappa shape index (κ1) is 23.9. The summed E-state index contributed by atoms with van der Waals surface area (Å²) in [4.78, 5) is 14.6. The second kappa shape index (κ2) is 12.3. The molecule has 170 valence electrons. The first-order valence-corrected chi connectivity index (χ1v) is 12.4. The number of carbonyl (C=O) groups is 1. The molecule has 0 fully saturated rings. The number of amides is 1. The third-order valence-corrected chi connectivity index (χ3v) is 6.39. The summed E-state index contributed by atoms with van der Waals surface area (Å²) in [5.74, 6) is 1.20. The van der Waals surface area contributed by atoms with Gasteiger partial charge in [0.15, 0.2) is 11.0 Å². The molecule has 0 saturated carbocycles. The van der Waals surface area contributed by atoms with Crippen LogP contribution in [0.5, 0.6) is 0 Å². The standard InChI is InChI=1S/C25H33N5OS/c1-4-29(5-2)22-16-14-21(15-17-22)24-27-28-25(30(24)6-3)32-19-23(31)26-18-10-13-20-11-8-7-9-12-20/h7-9,11-12,14-17H,4-6,10,13,18-19H2,1-3H3,(H,26,31). The van der Waals surface area contributed by atoms with E-state index in [1.54, 1.807) is 0 Å². The van der Waals surface area contributed by atoms with Gasteiger partial charge in [0, 0.05) is 37.4 Å². The van der Waals surface area contributed by atoms with E-state index in [4.69, 9.17) is 0 Å². The van der Waals surface area contributed by atoms with E-state index in [0.29, 0.717) is 12.3 Å². The number of nitrogens with zero attached hydrogens (tertiary/aromatic N) is 4. The van der Waals surface area contributed by atoms with Crippen molar-refractivity contribution in [2.45, 2.75) is 45.3 Å². The number of rotatable bonds is 12. The van der Waals surface area contributed by atoms with Gasteiger partial charge in [-0.15, -0.1) is 10.2 Å². The Labute approximate surface area is 195 Å². The van der Waals surface area contributed by atoms with E-state index in [2.05, 4.69) is 82.2 Å². The molecule has 0 unspecified atom stereocenters. The number of benzene rings is 2. The largest absolute Gasteiger partial charge is 0.372 e. The molecule has 7 heteroatoms. The monoisotopic (exact) mass is 451 g/mol. The SMILES string of the molecule is CCN(CC)c1ccc(-c2nnc(SCC(=O)NCCCc3ccccc3)n2CC)cc1. The molecule has 0 aliphatic carbocycles. The van der Waals surface area contributed by atoms with Gasteiger partial charge in [-0.2, -0.15) is 0 Å². The molecule has 1 aromatic heterocycles. The summed E-state index contributed by atoms with van der Waals surface area (Å²) >= 11 is 1.43. The van der Waals surface area contributed by atoms with E-state index in [1.807, 2.05) is 18.2 Å². The maximum absolute atomic E-state index is 12.3. The summed E-state index contributed by atoms with van der Waals surface area (Å²) in [7, 11) is 0. The van der Waals surface area contributed by atoms with E-state index in [-0.39, 0.29) is 5.91 Å². The third-order valence-electron chi connectivity index (χ3n) is 5.43. The summed E-state index contributed by atoms with van der Waals surface area (Å²) in [5, 5.41) is 12.5. The summed E-state index contributed by atoms with van der Waals surface area (Å²) < 4.78 is 2.07. The molecule has 2 aromatic carbocycles. The summed E-state index contributed by atoms with van der Waals surface area (Å²) in [6.45, 7) is 9.79. The van der Waals surface area contributed by atoms with Gasteiger partial charge in [0.1, 0.15) is 0 Å². The summed E-state index contributed by atoms with van der Waals surface area (Å²) in [6, 6.07) is 18.8. The van der Waals surface area contributed by atoms with Crippen molar-refractivity contribution in [3.63, 3.8) is 0 Å². The maximum Gasteiger partial charge on any atom is 0.230 e. The Balaban J connectivity index is 1.52. The van der Waals surface area contributed by atoms with Crippen LogP contribution < -0.4 is 10.2 Å². The van der Waals surface area contributed by atoms with Gasteiger partial charge in [-0.05, 0) is 63.4 Å². The smallest absolute Gasteiger partial charge is 0.230 e. The Hall–Kier alpha value is -2.80. The molecule has 6 nitrogen and oxygen atoms in total. The van der Waals surface area contributed by atoms with Gasteiger partial charge in [-0.1, -0.05) is 42.1 Å². The number of carbonyl (C=O) groups excluding carboxylic acids is 1. The predicted molar refractivity (Wildman–Crippen MR) is 133 cm³/mol. The second-order valence-electron chi connectivity index (χ2n) is 7.50. The molecule has 1 heterocycles. The van der Waals surface area contributed by atoms with Crippen LogP contribution in [0.3, 0.4) is 0 Å². The number of nitrogens with one attached hydrogen (secondary N) is 1. The van der Waals surface area contributed by atoms with Crippen LogP contribution >= 0.6 is 11.8 Å². The number of aryl methyl sites for hydroxylation is 1. The fourth-order valence-electron chi connectivity index (χ4n) is 3.65. The minimum atomic E-state index is 0.0267. The Morgan fingerprint density at radius 1 is 1.00 bits per heavy atom. The fraction of sp³-hybridized carbons (Fsp3) is 0.400. The molecule has 0 atom stereocenters. The fourth-order valence-corrected chi connectivity index (χ4v) is 4.48. The summed E-state index contributed by atoms with van der Waals surface area (Å²) in [5.41, 5.74) is 3.54. The lowest BCUT2D eigenvalue weighted by atomic mass is 10.1. The van der Waals surface area contributed by atoms with Crippen molar-refractivity contribution in [1.29, 1.82) is 0 Å². The Kier molecular flexibility index (Phi) is 9.16. The van der Waals surface area contributed by atoms with Crippen LogP contribution in [0.4, 0.5) is 5.69 Å². The number of thioether (sulfide) groups is 1.